The standard InChI is InChI=1S/C24H13N3O4S/c25-11-16(12-26-17-6-7-21-15(9-17)5-8-22(28)30-21)23-27-19(13-32-23)18-10-14-3-1-2-4-20(14)31-24(18)29/h1-10,12-13,26H/b16-12+. The summed E-state index contributed by atoms with van der Waals surface area (Å²) in [7, 11) is 0. The first-order valence-corrected chi connectivity index (χ1v) is 10.4. The van der Waals surface area contributed by atoms with E-state index in [1.807, 2.05) is 12.1 Å². The number of hydrogen-bond donors (Lipinski definition) is 1. The highest BCUT2D eigenvalue weighted by Crippen LogP contribution is 2.26. The Balaban J connectivity index is 1.45. The SMILES string of the molecule is N#C/C(=C\Nc1ccc2oc(=O)ccc2c1)c1nc(-c2cc3ccccc3oc2=O)cs1. The molecular weight excluding hydrogens is 426 g/mol. The van der Waals surface area contributed by atoms with Gasteiger partial charge in [0.25, 0.3) is 0 Å². The minimum Gasteiger partial charge on any atom is -0.423 e. The number of nitrogens with zero attached hydrogens (tertiary/aromatic N) is 2. The Morgan fingerprint density at radius 1 is 1.00 bits per heavy atom. The maximum atomic E-state index is 12.4. The molecule has 0 radical (unpaired) electrons. The van der Waals surface area contributed by atoms with Crippen molar-refractivity contribution in [2.45, 2.75) is 0 Å². The summed E-state index contributed by atoms with van der Waals surface area (Å²) in [4.78, 5) is 28.2. The van der Waals surface area contributed by atoms with E-state index in [1.165, 1.54) is 17.4 Å². The molecule has 3 heterocycles. The molecule has 7 nitrogen and oxygen atoms in total. The molecule has 154 valence electrons. The predicted octanol–water partition coefficient (Wildman–Crippen LogP) is 5.00. The van der Waals surface area contributed by atoms with E-state index in [4.69, 9.17) is 8.83 Å². The summed E-state index contributed by atoms with van der Waals surface area (Å²) >= 11 is 1.26. The summed E-state index contributed by atoms with van der Waals surface area (Å²) in [6.07, 6.45) is 1.55. The number of nitrogens with one attached hydrogen (secondary N) is 1. The Hall–Kier alpha value is -4.48. The molecule has 32 heavy (non-hydrogen) atoms. The van der Waals surface area contributed by atoms with Gasteiger partial charge in [0.2, 0.25) is 0 Å². The molecule has 0 unspecified atom stereocenters. The zero-order valence-corrected chi connectivity index (χ0v) is 17.2. The average Bonchev–Trinajstić information content (AvgIpc) is 3.29. The molecule has 1 N–H and O–H groups in total. The van der Waals surface area contributed by atoms with Crippen molar-refractivity contribution in [3.8, 4) is 17.3 Å². The van der Waals surface area contributed by atoms with Gasteiger partial charge in [-0.15, -0.1) is 11.3 Å². The summed E-state index contributed by atoms with van der Waals surface area (Å²) in [6, 6.07) is 19.4. The van der Waals surface area contributed by atoms with Gasteiger partial charge in [-0.25, -0.2) is 14.6 Å². The van der Waals surface area contributed by atoms with Crippen LogP contribution in [0.4, 0.5) is 5.69 Å². The van der Waals surface area contributed by atoms with Crippen LogP contribution in [-0.2, 0) is 0 Å². The van der Waals surface area contributed by atoms with E-state index in [2.05, 4.69) is 16.4 Å². The van der Waals surface area contributed by atoms with Gasteiger partial charge in [0.1, 0.15) is 27.8 Å². The lowest BCUT2D eigenvalue weighted by Gasteiger charge is -2.03. The lowest BCUT2D eigenvalue weighted by molar-refractivity contribution is 0.561. The van der Waals surface area contributed by atoms with Crippen molar-refractivity contribution in [1.82, 2.24) is 4.98 Å². The van der Waals surface area contributed by atoms with Crippen LogP contribution in [-0.4, -0.2) is 4.98 Å². The Bertz CT molecular complexity index is 1670. The fraction of sp³-hybridized carbons (Fsp3) is 0. The number of para-hydroxylation sites is 1. The van der Waals surface area contributed by atoms with Crippen LogP contribution in [0.25, 0.3) is 38.8 Å². The Morgan fingerprint density at radius 3 is 2.69 bits per heavy atom. The van der Waals surface area contributed by atoms with E-state index in [0.29, 0.717) is 38.7 Å². The van der Waals surface area contributed by atoms with Crippen LogP contribution >= 0.6 is 11.3 Å². The van der Waals surface area contributed by atoms with Crippen molar-refractivity contribution in [2.24, 2.45) is 0 Å². The van der Waals surface area contributed by atoms with Crippen molar-refractivity contribution in [1.29, 1.82) is 5.26 Å². The molecule has 8 heteroatoms. The van der Waals surface area contributed by atoms with Gasteiger partial charge in [0.05, 0.1) is 11.3 Å². The second kappa shape index (κ2) is 7.98. The lowest BCUT2D eigenvalue weighted by Crippen LogP contribution is -2.02. The van der Waals surface area contributed by atoms with Gasteiger partial charge in [0, 0.05) is 34.1 Å². The van der Waals surface area contributed by atoms with E-state index in [1.54, 1.807) is 54.0 Å². The molecule has 0 spiro atoms. The summed E-state index contributed by atoms with van der Waals surface area (Å²) in [5.74, 6) is 0. The lowest BCUT2D eigenvalue weighted by atomic mass is 10.1. The number of allylic oxidation sites excluding steroid dienone is 1. The fourth-order valence-electron chi connectivity index (χ4n) is 3.22. The molecular formula is C24H13N3O4S. The van der Waals surface area contributed by atoms with E-state index in [-0.39, 0.29) is 0 Å². The number of nitriles is 1. The van der Waals surface area contributed by atoms with Crippen molar-refractivity contribution in [3.05, 3.63) is 98.1 Å². The van der Waals surface area contributed by atoms with E-state index in [9.17, 15) is 14.9 Å². The van der Waals surface area contributed by atoms with Gasteiger partial charge in [-0.1, -0.05) is 18.2 Å². The topological polar surface area (TPSA) is 109 Å². The third kappa shape index (κ3) is 3.69. The van der Waals surface area contributed by atoms with Crippen molar-refractivity contribution < 1.29 is 8.83 Å². The summed E-state index contributed by atoms with van der Waals surface area (Å²) < 4.78 is 10.5. The zero-order valence-electron chi connectivity index (χ0n) is 16.4. The molecule has 0 saturated carbocycles. The Kier molecular flexibility index (Phi) is 4.86. The third-order valence-corrected chi connectivity index (χ3v) is 5.65. The maximum absolute atomic E-state index is 12.4. The second-order valence-electron chi connectivity index (χ2n) is 6.84. The van der Waals surface area contributed by atoms with Crippen LogP contribution in [0.1, 0.15) is 5.01 Å². The number of benzene rings is 2. The first-order chi connectivity index (χ1) is 15.6. The van der Waals surface area contributed by atoms with Crippen molar-refractivity contribution in [2.75, 3.05) is 5.32 Å². The maximum Gasteiger partial charge on any atom is 0.345 e. The average molecular weight is 439 g/mol. The Labute approximate surface area is 184 Å². The van der Waals surface area contributed by atoms with Gasteiger partial charge in [0.15, 0.2) is 0 Å². The van der Waals surface area contributed by atoms with Crippen LogP contribution < -0.4 is 16.6 Å². The molecule has 0 atom stereocenters. The predicted molar refractivity (Wildman–Crippen MR) is 123 cm³/mol. The van der Waals surface area contributed by atoms with Crippen LogP contribution in [0, 0.1) is 11.3 Å². The number of fused-ring (bicyclic) bond motifs is 2. The summed E-state index contributed by atoms with van der Waals surface area (Å²) in [5, 5.41) is 16.4. The highest BCUT2D eigenvalue weighted by atomic mass is 32.1. The molecule has 0 fully saturated rings. The fourth-order valence-corrected chi connectivity index (χ4v) is 4.01. The molecule has 0 aliphatic carbocycles. The highest BCUT2D eigenvalue weighted by Gasteiger charge is 2.13. The van der Waals surface area contributed by atoms with Crippen molar-refractivity contribution in [3.63, 3.8) is 0 Å². The zero-order chi connectivity index (χ0) is 22.1. The van der Waals surface area contributed by atoms with Crippen LogP contribution in [0.5, 0.6) is 0 Å². The van der Waals surface area contributed by atoms with E-state index < -0.39 is 11.3 Å². The molecule has 0 aliphatic heterocycles. The minimum atomic E-state index is -0.482. The molecule has 0 amide bonds. The third-order valence-electron chi connectivity index (χ3n) is 4.77. The molecule has 0 aliphatic rings. The first kappa shape index (κ1) is 19.5. The molecule has 5 rings (SSSR count). The first-order valence-electron chi connectivity index (χ1n) is 9.50. The molecule has 2 aromatic carbocycles. The molecule has 3 aromatic heterocycles. The quantitative estimate of drug-likeness (QED) is 0.310. The number of rotatable bonds is 4. The van der Waals surface area contributed by atoms with Gasteiger partial charge in [-0.2, -0.15) is 5.26 Å². The van der Waals surface area contributed by atoms with Crippen LogP contribution in [0.3, 0.4) is 0 Å². The van der Waals surface area contributed by atoms with Gasteiger partial charge in [-0.05, 0) is 36.4 Å². The van der Waals surface area contributed by atoms with Gasteiger partial charge < -0.3 is 14.2 Å². The molecule has 5 aromatic rings. The van der Waals surface area contributed by atoms with Gasteiger partial charge in [-0.3, -0.25) is 0 Å². The normalized spacial score (nSPS) is 11.5. The van der Waals surface area contributed by atoms with Crippen LogP contribution in [0.2, 0.25) is 0 Å². The minimum absolute atomic E-state index is 0.311. The van der Waals surface area contributed by atoms with Crippen molar-refractivity contribution >= 4 is 44.5 Å². The second-order valence-corrected chi connectivity index (χ2v) is 7.70. The number of thiazole rings is 1. The molecule has 0 bridgehead atoms. The summed E-state index contributed by atoms with van der Waals surface area (Å²) in [6.45, 7) is 0. The Morgan fingerprint density at radius 2 is 1.81 bits per heavy atom. The largest absolute Gasteiger partial charge is 0.423 e. The highest BCUT2D eigenvalue weighted by molar-refractivity contribution is 7.11. The van der Waals surface area contributed by atoms with Crippen LogP contribution in [0.15, 0.2) is 90.7 Å². The summed E-state index contributed by atoms with van der Waals surface area (Å²) in [5.41, 5.74) is 1.91. The smallest absolute Gasteiger partial charge is 0.345 e. The molecule has 0 saturated heterocycles. The van der Waals surface area contributed by atoms with Gasteiger partial charge >= 0.3 is 11.3 Å². The van der Waals surface area contributed by atoms with E-state index >= 15 is 0 Å². The number of aromatic nitrogens is 1. The number of hydrogen-bond acceptors (Lipinski definition) is 8. The number of anilines is 1. The monoisotopic (exact) mass is 439 g/mol. The van der Waals surface area contributed by atoms with E-state index in [0.717, 1.165) is 10.8 Å².